The Morgan fingerprint density at radius 1 is 1.43 bits per heavy atom. The van der Waals surface area contributed by atoms with Crippen LogP contribution in [0.25, 0.3) is 0 Å². The van der Waals surface area contributed by atoms with Gasteiger partial charge in [-0.15, -0.1) is 0 Å². The second-order valence-corrected chi connectivity index (χ2v) is 3.68. The number of aromatic nitrogens is 2. The number of aromatic amines is 1. The predicted octanol–water partition coefficient (Wildman–Crippen LogP) is 2.68. The summed E-state index contributed by atoms with van der Waals surface area (Å²) >= 11 is 5.12. The van der Waals surface area contributed by atoms with E-state index in [0.29, 0.717) is 11.2 Å². The molecule has 0 aliphatic rings. The monoisotopic (exact) mass is 212 g/mol. The van der Waals surface area contributed by atoms with E-state index in [0.717, 1.165) is 30.1 Å². The zero-order valence-corrected chi connectivity index (χ0v) is 9.70. The maximum atomic E-state index is 5.38. The van der Waals surface area contributed by atoms with Crippen LogP contribution in [0, 0.1) is 18.5 Å². The normalized spacial score (nSPS) is 10.5. The third kappa shape index (κ3) is 2.89. The van der Waals surface area contributed by atoms with Gasteiger partial charge < -0.3 is 9.72 Å². The van der Waals surface area contributed by atoms with Crippen molar-refractivity contribution in [1.29, 1.82) is 0 Å². The molecule has 1 heterocycles. The molecule has 1 aromatic rings. The first kappa shape index (κ1) is 11.3. The van der Waals surface area contributed by atoms with Crippen LogP contribution in [-0.4, -0.2) is 16.6 Å². The second-order valence-electron chi connectivity index (χ2n) is 3.29. The van der Waals surface area contributed by atoms with Gasteiger partial charge in [-0.3, -0.25) is 0 Å². The van der Waals surface area contributed by atoms with Crippen LogP contribution in [0.3, 0.4) is 0 Å². The fourth-order valence-corrected chi connectivity index (χ4v) is 1.35. The maximum absolute atomic E-state index is 5.38. The summed E-state index contributed by atoms with van der Waals surface area (Å²) in [7, 11) is 0. The molecule has 0 spiro atoms. The summed E-state index contributed by atoms with van der Waals surface area (Å²) in [6.07, 6.45) is 1.02. The summed E-state index contributed by atoms with van der Waals surface area (Å²) < 4.78 is 6.04. The van der Waals surface area contributed by atoms with Crippen molar-refractivity contribution in [2.45, 2.75) is 33.8 Å². The minimum atomic E-state index is 0.512. The van der Waals surface area contributed by atoms with E-state index in [1.54, 1.807) is 0 Å². The van der Waals surface area contributed by atoms with E-state index in [9.17, 15) is 0 Å². The molecule has 0 fully saturated rings. The van der Waals surface area contributed by atoms with Crippen molar-refractivity contribution in [3.05, 3.63) is 21.7 Å². The zero-order chi connectivity index (χ0) is 10.6. The van der Waals surface area contributed by atoms with Gasteiger partial charge in [-0.25, -0.2) is 4.98 Å². The topological polar surface area (TPSA) is 37.9 Å². The van der Waals surface area contributed by atoms with E-state index < -0.39 is 0 Å². The van der Waals surface area contributed by atoms with Crippen molar-refractivity contribution in [3.8, 4) is 0 Å². The molecule has 1 aromatic heterocycles. The van der Waals surface area contributed by atoms with Crippen LogP contribution in [0.1, 0.15) is 30.4 Å². The summed E-state index contributed by atoms with van der Waals surface area (Å²) in [5.41, 5.74) is 2.11. The van der Waals surface area contributed by atoms with E-state index in [-0.39, 0.29) is 0 Å². The van der Waals surface area contributed by atoms with Gasteiger partial charge in [0.25, 0.3) is 0 Å². The highest BCUT2D eigenvalue weighted by molar-refractivity contribution is 7.71. The van der Waals surface area contributed by atoms with E-state index in [2.05, 4.69) is 16.9 Å². The Morgan fingerprint density at radius 2 is 2.14 bits per heavy atom. The Balaban J connectivity index is 2.75. The minimum absolute atomic E-state index is 0.512. The van der Waals surface area contributed by atoms with E-state index in [1.165, 1.54) is 0 Å². The number of nitrogens with zero attached hydrogens (tertiary/aromatic N) is 1. The lowest BCUT2D eigenvalue weighted by Gasteiger charge is -2.05. The Labute approximate surface area is 89.5 Å². The van der Waals surface area contributed by atoms with E-state index in [1.807, 2.05) is 13.8 Å². The third-order valence-corrected chi connectivity index (χ3v) is 2.44. The predicted molar refractivity (Wildman–Crippen MR) is 58.8 cm³/mol. The van der Waals surface area contributed by atoms with Crippen LogP contribution in [0.5, 0.6) is 0 Å². The number of H-pyrrole nitrogens is 1. The smallest absolute Gasteiger partial charge is 0.134 e. The highest BCUT2D eigenvalue weighted by Crippen LogP contribution is 2.05. The standard InChI is InChI=1S/C10H16N2OS/c1-4-5-13-6-9-11-8(3)7(2)10(14)12-9/h4-6H2,1-3H3,(H,11,12,14). The molecule has 0 aliphatic heterocycles. The van der Waals surface area contributed by atoms with Gasteiger partial charge in [0.15, 0.2) is 0 Å². The number of ether oxygens (including phenoxy) is 1. The molecule has 0 saturated carbocycles. The Hall–Kier alpha value is -0.740. The lowest BCUT2D eigenvalue weighted by Crippen LogP contribution is -2.03. The van der Waals surface area contributed by atoms with Crippen molar-refractivity contribution >= 4 is 12.2 Å². The van der Waals surface area contributed by atoms with Crippen LogP contribution >= 0.6 is 12.2 Å². The fraction of sp³-hybridized carbons (Fsp3) is 0.600. The lowest BCUT2D eigenvalue weighted by molar-refractivity contribution is 0.116. The first-order chi connectivity index (χ1) is 6.65. The first-order valence-electron chi connectivity index (χ1n) is 4.79. The van der Waals surface area contributed by atoms with Crippen LogP contribution in [-0.2, 0) is 11.3 Å². The minimum Gasteiger partial charge on any atom is -0.374 e. The number of hydrogen-bond donors (Lipinski definition) is 1. The van der Waals surface area contributed by atoms with Crippen molar-refractivity contribution in [2.75, 3.05) is 6.61 Å². The SMILES string of the molecule is CCCOCc1nc(=S)c(C)c(C)[nH]1. The molecule has 0 unspecified atom stereocenters. The second kappa shape index (κ2) is 5.22. The van der Waals surface area contributed by atoms with Gasteiger partial charge in [-0.05, 0) is 20.3 Å². The molecule has 3 nitrogen and oxygen atoms in total. The van der Waals surface area contributed by atoms with Gasteiger partial charge in [0, 0.05) is 17.9 Å². The molecule has 0 amide bonds. The molecule has 0 aromatic carbocycles. The molecule has 14 heavy (non-hydrogen) atoms. The lowest BCUT2D eigenvalue weighted by atomic mass is 10.3. The van der Waals surface area contributed by atoms with Crippen molar-refractivity contribution in [1.82, 2.24) is 9.97 Å². The first-order valence-corrected chi connectivity index (χ1v) is 5.20. The Morgan fingerprint density at radius 3 is 2.71 bits per heavy atom. The molecule has 0 aliphatic carbocycles. The van der Waals surface area contributed by atoms with Gasteiger partial charge in [-0.2, -0.15) is 0 Å². The van der Waals surface area contributed by atoms with Crippen LogP contribution in [0.4, 0.5) is 0 Å². The quantitative estimate of drug-likeness (QED) is 0.616. The molecule has 0 radical (unpaired) electrons. The number of hydrogen-bond acceptors (Lipinski definition) is 3. The summed E-state index contributed by atoms with van der Waals surface area (Å²) in [5.74, 6) is 0.812. The Kier molecular flexibility index (Phi) is 4.22. The molecule has 0 saturated heterocycles. The highest BCUT2D eigenvalue weighted by atomic mass is 32.1. The van der Waals surface area contributed by atoms with Crippen molar-refractivity contribution in [2.24, 2.45) is 0 Å². The van der Waals surface area contributed by atoms with E-state index in [4.69, 9.17) is 17.0 Å². The molecular formula is C10H16N2OS. The van der Waals surface area contributed by atoms with Gasteiger partial charge in [0.05, 0.1) is 0 Å². The Bertz CT molecular complexity index is 360. The third-order valence-electron chi connectivity index (χ3n) is 2.04. The highest BCUT2D eigenvalue weighted by Gasteiger charge is 2.00. The molecule has 1 rings (SSSR count). The van der Waals surface area contributed by atoms with Crippen LogP contribution in [0.15, 0.2) is 0 Å². The molecule has 78 valence electrons. The summed E-state index contributed by atoms with van der Waals surface area (Å²) in [5, 5.41) is 0. The molecule has 0 atom stereocenters. The van der Waals surface area contributed by atoms with E-state index >= 15 is 0 Å². The molecule has 1 N–H and O–H groups in total. The number of nitrogens with one attached hydrogen (secondary N) is 1. The van der Waals surface area contributed by atoms with Gasteiger partial charge >= 0.3 is 0 Å². The van der Waals surface area contributed by atoms with Gasteiger partial charge in [0.2, 0.25) is 0 Å². The van der Waals surface area contributed by atoms with Gasteiger partial charge in [-0.1, -0.05) is 19.1 Å². The largest absolute Gasteiger partial charge is 0.374 e. The number of aryl methyl sites for hydroxylation is 1. The summed E-state index contributed by atoms with van der Waals surface area (Å²) in [6.45, 7) is 7.32. The van der Waals surface area contributed by atoms with Gasteiger partial charge in [0.1, 0.15) is 17.1 Å². The number of rotatable bonds is 4. The summed E-state index contributed by atoms with van der Waals surface area (Å²) in [4.78, 5) is 7.41. The zero-order valence-electron chi connectivity index (χ0n) is 8.89. The summed E-state index contributed by atoms with van der Waals surface area (Å²) in [6, 6.07) is 0. The van der Waals surface area contributed by atoms with Crippen LogP contribution in [0.2, 0.25) is 0 Å². The maximum Gasteiger partial charge on any atom is 0.134 e. The molecule has 0 bridgehead atoms. The fourth-order valence-electron chi connectivity index (χ4n) is 1.09. The average molecular weight is 212 g/mol. The van der Waals surface area contributed by atoms with Crippen molar-refractivity contribution < 1.29 is 4.74 Å². The van der Waals surface area contributed by atoms with Crippen molar-refractivity contribution in [3.63, 3.8) is 0 Å². The average Bonchev–Trinajstić information content (AvgIpc) is 2.14. The van der Waals surface area contributed by atoms with Crippen LogP contribution < -0.4 is 0 Å². The molecule has 4 heteroatoms. The molecular weight excluding hydrogens is 196 g/mol.